The Morgan fingerprint density at radius 2 is 2.06 bits per heavy atom. The van der Waals surface area contributed by atoms with E-state index in [1.54, 1.807) is 27.2 Å². The highest BCUT2D eigenvalue weighted by Crippen LogP contribution is 2.23. The molecule has 0 aliphatic rings. The second-order valence-corrected chi connectivity index (χ2v) is 3.61. The van der Waals surface area contributed by atoms with E-state index in [2.05, 4.69) is 0 Å². The number of hydrogen-bond acceptors (Lipinski definition) is 3. The Labute approximate surface area is 94.8 Å². The molecule has 1 rings (SSSR count). The fourth-order valence-corrected chi connectivity index (χ4v) is 1.45. The fraction of sp³-hybridized carbons (Fsp3) is 0.417. The minimum absolute atomic E-state index is 0.441. The van der Waals surface area contributed by atoms with Gasteiger partial charge in [-0.25, -0.2) is 0 Å². The summed E-state index contributed by atoms with van der Waals surface area (Å²) in [5.41, 5.74) is 1.63. The predicted octanol–water partition coefficient (Wildman–Crippen LogP) is 2.03. The highest BCUT2D eigenvalue weighted by Gasteiger charge is 2.15. The molecule has 0 aliphatic carbocycles. The van der Waals surface area contributed by atoms with E-state index in [1.165, 1.54) is 0 Å². The smallest absolute Gasteiger partial charge is 0.310 e. The van der Waals surface area contributed by atoms with E-state index in [9.17, 15) is 4.79 Å². The molecule has 1 atom stereocenters. The molecule has 1 aromatic rings. The molecule has 0 bridgehead atoms. The van der Waals surface area contributed by atoms with Crippen molar-refractivity contribution in [2.75, 3.05) is 14.2 Å². The largest absolute Gasteiger partial charge is 0.497 e. The number of aliphatic carboxylic acids is 1. The Morgan fingerprint density at radius 3 is 2.56 bits per heavy atom. The fourth-order valence-electron chi connectivity index (χ4n) is 1.45. The van der Waals surface area contributed by atoms with Crippen LogP contribution in [0.1, 0.15) is 24.0 Å². The van der Waals surface area contributed by atoms with Crippen molar-refractivity contribution in [2.45, 2.75) is 19.4 Å². The van der Waals surface area contributed by atoms with Crippen LogP contribution in [0.15, 0.2) is 18.2 Å². The maximum absolute atomic E-state index is 10.9. The van der Waals surface area contributed by atoms with Gasteiger partial charge in [0.1, 0.15) is 5.75 Å². The molecule has 0 heterocycles. The van der Waals surface area contributed by atoms with Crippen LogP contribution in [0.25, 0.3) is 0 Å². The summed E-state index contributed by atoms with van der Waals surface area (Å²) >= 11 is 0. The van der Waals surface area contributed by atoms with Gasteiger partial charge in [-0.2, -0.15) is 0 Å². The summed E-state index contributed by atoms with van der Waals surface area (Å²) in [6, 6.07) is 5.39. The maximum atomic E-state index is 10.9. The number of ether oxygens (including phenoxy) is 2. The van der Waals surface area contributed by atoms with Crippen LogP contribution < -0.4 is 4.74 Å². The average Bonchev–Trinajstić information content (AvgIpc) is 2.27. The molecule has 0 aromatic heterocycles. The summed E-state index contributed by atoms with van der Waals surface area (Å²) in [5, 5.41) is 8.95. The number of carboxylic acids is 1. The van der Waals surface area contributed by atoms with Crippen LogP contribution in [0.3, 0.4) is 0 Å². The van der Waals surface area contributed by atoms with Gasteiger partial charge >= 0.3 is 5.97 Å². The first-order valence-electron chi connectivity index (χ1n) is 4.98. The van der Waals surface area contributed by atoms with Crippen molar-refractivity contribution in [2.24, 2.45) is 0 Å². The third-order valence-electron chi connectivity index (χ3n) is 2.41. The molecule has 0 radical (unpaired) electrons. The van der Waals surface area contributed by atoms with Crippen molar-refractivity contribution < 1.29 is 19.4 Å². The van der Waals surface area contributed by atoms with Crippen LogP contribution in [0, 0.1) is 0 Å². The first-order chi connectivity index (χ1) is 7.58. The van der Waals surface area contributed by atoms with Gasteiger partial charge < -0.3 is 14.6 Å². The maximum Gasteiger partial charge on any atom is 0.310 e. The van der Waals surface area contributed by atoms with E-state index in [0.29, 0.717) is 12.4 Å². The quantitative estimate of drug-likeness (QED) is 0.831. The van der Waals surface area contributed by atoms with Crippen molar-refractivity contribution in [3.63, 3.8) is 0 Å². The zero-order valence-corrected chi connectivity index (χ0v) is 9.69. The highest BCUT2D eigenvalue weighted by molar-refractivity contribution is 5.75. The summed E-state index contributed by atoms with van der Waals surface area (Å²) in [6.07, 6.45) is 0. The highest BCUT2D eigenvalue weighted by atomic mass is 16.5. The van der Waals surface area contributed by atoms with Gasteiger partial charge in [-0.1, -0.05) is 6.07 Å². The van der Waals surface area contributed by atoms with Gasteiger partial charge in [-0.15, -0.1) is 0 Å². The van der Waals surface area contributed by atoms with Gasteiger partial charge in [0.2, 0.25) is 0 Å². The number of carboxylic acid groups (broad SMARTS) is 1. The molecule has 1 aromatic carbocycles. The normalized spacial score (nSPS) is 12.2. The standard InChI is InChI=1S/C12H16O4/c1-8(12(13)14)10-4-9(7-15-2)5-11(6-10)16-3/h4-6,8H,7H2,1-3H3,(H,13,14). The number of hydrogen-bond donors (Lipinski definition) is 1. The van der Waals surface area contributed by atoms with Crippen LogP contribution in [0.5, 0.6) is 5.75 Å². The molecular formula is C12H16O4. The Balaban J connectivity index is 3.08. The molecule has 4 heteroatoms. The van der Waals surface area contributed by atoms with Gasteiger partial charge in [-0.3, -0.25) is 4.79 Å². The Bertz CT molecular complexity index is 373. The van der Waals surface area contributed by atoms with E-state index in [0.717, 1.165) is 11.1 Å². The summed E-state index contributed by atoms with van der Waals surface area (Å²) in [5.74, 6) is -0.750. The first kappa shape index (κ1) is 12.5. The minimum atomic E-state index is -0.850. The number of methoxy groups -OCH3 is 2. The monoisotopic (exact) mass is 224 g/mol. The second kappa shape index (κ2) is 5.51. The molecule has 88 valence electrons. The molecule has 16 heavy (non-hydrogen) atoms. The zero-order chi connectivity index (χ0) is 12.1. The van der Waals surface area contributed by atoms with Gasteiger partial charge in [0.05, 0.1) is 19.6 Å². The molecule has 0 fully saturated rings. The molecule has 0 aliphatic heterocycles. The second-order valence-electron chi connectivity index (χ2n) is 3.61. The van der Waals surface area contributed by atoms with Crippen molar-refractivity contribution in [1.29, 1.82) is 0 Å². The van der Waals surface area contributed by atoms with Crippen LogP contribution in [0.4, 0.5) is 0 Å². The van der Waals surface area contributed by atoms with E-state index < -0.39 is 11.9 Å². The number of rotatable bonds is 5. The molecule has 1 N–H and O–H groups in total. The summed E-state index contributed by atoms with van der Waals surface area (Å²) in [6.45, 7) is 2.09. The molecule has 4 nitrogen and oxygen atoms in total. The first-order valence-corrected chi connectivity index (χ1v) is 4.98. The van der Waals surface area contributed by atoms with Gasteiger partial charge in [0, 0.05) is 7.11 Å². The SMILES string of the molecule is COCc1cc(OC)cc(C(C)C(=O)O)c1. The Hall–Kier alpha value is -1.55. The molecule has 1 unspecified atom stereocenters. The van der Waals surface area contributed by atoms with E-state index >= 15 is 0 Å². The van der Waals surface area contributed by atoms with E-state index in [-0.39, 0.29) is 0 Å². The van der Waals surface area contributed by atoms with Crippen molar-refractivity contribution in [3.8, 4) is 5.75 Å². The molecular weight excluding hydrogens is 208 g/mol. The van der Waals surface area contributed by atoms with Crippen LogP contribution in [-0.2, 0) is 16.1 Å². The van der Waals surface area contributed by atoms with E-state index in [1.807, 2.05) is 12.1 Å². The van der Waals surface area contributed by atoms with Gasteiger partial charge in [0.15, 0.2) is 0 Å². The predicted molar refractivity (Wildman–Crippen MR) is 59.8 cm³/mol. The molecule has 0 saturated heterocycles. The Kier molecular flexibility index (Phi) is 4.31. The lowest BCUT2D eigenvalue weighted by atomic mass is 9.99. The lowest BCUT2D eigenvalue weighted by Crippen LogP contribution is -2.08. The number of carbonyl (C=O) groups is 1. The van der Waals surface area contributed by atoms with Crippen LogP contribution in [0.2, 0.25) is 0 Å². The molecule has 0 amide bonds. The van der Waals surface area contributed by atoms with Gasteiger partial charge in [0.25, 0.3) is 0 Å². The van der Waals surface area contributed by atoms with Crippen LogP contribution >= 0.6 is 0 Å². The number of benzene rings is 1. The van der Waals surface area contributed by atoms with Crippen LogP contribution in [-0.4, -0.2) is 25.3 Å². The van der Waals surface area contributed by atoms with E-state index in [4.69, 9.17) is 14.6 Å². The Morgan fingerprint density at radius 1 is 1.38 bits per heavy atom. The summed E-state index contributed by atoms with van der Waals surface area (Å²) < 4.78 is 10.1. The summed E-state index contributed by atoms with van der Waals surface area (Å²) in [4.78, 5) is 10.9. The topological polar surface area (TPSA) is 55.8 Å². The third-order valence-corrected chi connectivity index (χ3v) is 2.41. The van der Waals surface area contributed by atoms with Gasteiger partial charge in [-0.05, 0) is 30.2 Å². The van der Waals surface area contributed by atoms with Crippen molar-refractivity contribution in [3.05, 3.63) is 29.3 Å². The van der Waals surface area contributed by atoms with Crippen molar-refractivity contribution in [1.82, 2.24) is 0 Å². The molecule has 0 spiro atoms. The average molecular weight is 224 g/mol. The third kappa shape index (κ3) is 2.97. The lowest BCUT2D eigenvalue weighted by Gasteiger charge is -2.11. The lowest BCUT2D eigenvalue weighted by molar-refractivity contribution is -0.138. The molecule has 0 saturated carbocycles. The zero-order valence-electron chi connectivity index (χ0n) is 9.69. The van der Waals surface area contributed by atoms with Crippen molar-refractivity contribution >= 4 is 5.97 Å². The minimum Gasteiger partial charge on any atom is -0.497 e. The summed E-state index contributed by atoms with van der Waals surface area (Å²) in [7, 11) is 3.15.